The Morgan fingerprint density at radius 3 is 2.40 bits per heavy atom. The number of aliphatic hydroxyl groups excluding tert-OH is 1. The summed E-state index contributed by atoms with van der Waals surface area (Å²) in [5, 5.41) is 26.4. The van der Waals surface area contributed by atoms with Crippen LogP contribution in [0.5, 0.6) is 0 Å². The van der Waals surface area contributed by atoms with Crippen molar-refractivity contribution in [3.8, 4) is 0 Å². The van der Waals surface area contributed by atoms with Gasteiger partial charge in [-0.25, -0.2) is 9.69 Å². The van der Waals surface area contributed by atoms with E-state index in [0.29, 0.717) is 32.4 Å². The highest BCUT2D eigenvalue weighted by Crippen LogP contribution is 2.80. The number of likely N-dealkylation sites (N-methyl/N-ethyl adjacent to an activating group) is 1. The molecule has 2 saturated heterocycles. The second-order valence-electron chi connectivity index (χ2n) is 15.7. The standard InChI is InChI=1S/C37H48N2O11/c1-6-38-17-34(18-49-32(44)20-9-7-8-10-23(20)39-26(41)11-12-27(39)42)14-13-25(47-4)36-22-15-21-24(46-3)16-35(50-19(2)40,28(22)29(21)48-5)37(45,33(36)38)31(43)30(34)36/h7-10,21-22,24-25,28-31,33,43,45H,6,11-18H2,1-5H3/t21-,22+,24+,25-,28-,29+,30-,31-,33+,34-,35-,36+,37-/m1/s1. The van der Waals surface area contributed by atoms with Crippen molar-refractivity contribution in [3.63, 3.8) is 0 Å². The fourth-order valence-corrected chi connectivity index (χ4v) is 13.1. The van der Waals surface area contributed by atoms with Gasteiger partial charge in [0.1, 0.15) is 5.60 Å². The van der Waals surface area contributed by atoms with Gasteiger partial charge in [-0.3, -0.25) is 19.3 Å². The minimum atomic E-state index is -1.93. The lowest BCUT2D eigenvalue weighted by Gasteiger charge is -2.70. The third-order valence-corrected chi connectivity index (χ3v) is 14.3. The molecule has 2 amide bonds. The minimum Gasteiger partial charge on any atom is -0.461 e. The van der Waals surface area contributed by atoms with Crippen LogP contribution in [0.15, 0.2) is 24.3 Å². The molecule has 272 valence electrons. The molecule has 1 aromatic rings. The van der Waals surface area contributed by atoms with Gasteiger partial charge in [-0.1, -0.05) is 19.1 Å². The molecule has 13 atom stereocenters. The van der Waals surface area contributed by atoms with E-state index >= 15 is 0 Å². The Morgan fingerprint density at radius 1 is 1.04 bits per heavy atom. The number of methoxy groups -OCH3 is 3. The summed E-state index contributed by atoms with van der Waals surface area (Å²) in [5.74, 6) is -3.22. The first kappa shape index (κ1) is 34.2. The monoisotopic (exact) mass is 696 g/mol. The fourth-order valence-electron chi connectivity index (χ4n) is 13.1. The lowest BCUT2D eigenvalue weighted by atomic mass is 9.42. The van der Waals surface area contributed by atoms with Crippen molar-refractivity contribution in [2.75, 3.05) is 45.9 Å². The number of hydrogen-bond donors (Lipinski definition) is 2. The third-order valence-electron chi connectivity index (χ3n) is 14.3. The lowest BCUT2D eigenvalue weighted by Crippen LogP contribution is -2.82. The van der Waals surface area contributed by atoms with Gasteiger partial charge in [0, 0.05) is 82.6 Å². The van der Waals surface area contributed by atoms with Gasteiger partial charge in [-0.15, -0.1) is 0 Å². The number of carbonyl (C=O) groups is 4. The molecule has 13 nitrogen and oxygen atoms in total. The van der Waals surface area contributed by atoms with Gasteiger partial charge in [-0.05, 0) is 43.9 Å². The number of rotatable bonds is 9. The third kappa shape index (κ3) is 3.94. The molecular formula is C37H48N2O11. The maximum absolute atomic E-state index is 14.0. The molecule has 2 aliphatic heterocycles. The highest BCUT2D eigenvalue weighted by molar-refractivity contribution is 6.21. The molecule has 5 saturated carbocycles. The van der Waals surface area contributed by atoms with E-state index in [0.717, 1.165) is 4.90 Å². The molecule has 50 heavy (non-hydrogen) atoms. The van der Waals surface area contributed by atoms with Crippen LogP contribution in [0.25, 0.3) is 0 Å². The molecule has 2 heterocycles. The maximum Gasteiger partial charge on any atom is 0.340 e. The number of hydrogen-bond acceptors (Lipinski definition) is 12. The van der Waals surface area contributed by atoms with Crippen molar-refractivity contribution >= 4 is 29.4 Å². The number of nitrogens with zero attached hydrogens (tertiary/aromatic N) is 2. The summed E-state index contributed by atoms with van der Waals surface area (Å²) in [5.41, 5.74) is -4.77. The van der Waals surface area contributed by atoms with Crippen LogP contribution in [0.2, 0.25) is 0 Å². The van der Waals surface area contributed by atoms with E-state index in [1.54, 1.807) is 45.6 Å². The smallest absolute Gasteiger partial charge is 0.340 e. The van der Waals surface area contributed by atoms with Gasteiger partial charge in [0.25, 0.3) is 0 Å². The Bertz CT molecular complexity index is 1600. The number of para-hydroxylation sites is 1. The van der Waals surface area contributed by atoms with Crippen LogP contribution in [0.4, 0.5) is 5.69 Å². The molecule has 5 aliphatic carbocycles. The average Bonchev–Trinajstić information content (AvgIpc) is 3.66. The molecule has 0 radical (unpaired) electrons. The number of benzene rings is 1. The van der Waals surface area contributed by atoms with E-state index in [2.05, 4.69) is 4.90 Å². The fraction of sp³-hybridized carbons (Fsp3) is 0.730. The Kier molecular flexibility index (Phi) is 7.88. The zero-order valence-corrected chi connectivity index (χ0v) is 29.3. The van der Waals surface area contributed by atoms with Gasteiger partial charge in [0.2, 0.25) is 11.8 Å². The van der Waals surface area contributed by atoms with Crippen LogP contribution in [0.3, 0.4) is 0 Å². The van der Waals surface area contributed by atoms with Crippen molar-refractivity contribution in [2.45, 2.75) is 94.0 Å². The zero-order chi connectivity index (χ0) is 35.5. The summed E-state index contributed by atoms with van der Waals surface area (Å²) >= 11 is 0. The summed E-state index contributed by atoms with van der Waals surface area (Å²) in [6.07, 6.45) is -0.321. The number of aliphatic hydroxyl groups is 2. The molecule has 0 unspecified atom stereocenters. The van der Waals surface area contributed by atoms with Crippen molar-refractivity contribution < 1.29 is 53.1 Å². The summed E-state index contributed by atoms with van der Waals surface area (Å²) in [7, 11) is 4.95. The predicted octanol–water partition coefficient (Wildman–Crippen LogP) is 1.71. The van der Waals surface area contributed by atoms with Crippen LogP contribution >= 0.6 is 0 Å². The Morgan fingerprint density at radius 2 is 1.76 bits per heavy atom. The average molecular weight is 697 g/mol. The molecular weight excluding hydrogens is 648 g/mol. The number of esters is 2. The Hall–Kier alpha value is -2.94. The van der Waals surface area contributed by atoms with Gasteiger partial charge in [-0.2, -0.15) is 0 Å². The molecule has 0 aromatic heterocycles. The van der Waals surface area contributed by atoms with E-state index in [-0.39, 0.29) is 73.0 Å². The second kappa shape index (κ2) is 11.5. The number of likely N-dealkylation sites (tertiary alicyclic amines) is 1. The van der Waals surface area contributed by atoms with Crippen molar-refractivity contribution in [1.29, 1.82) is 0 Å². The van der Waals surface area contributed by atoms with E-state index in [1.165, 1.54) is 6.92 Å². The number of amides is 2. The van der Waals surface area contributed by atoms with Crippen LogP contribution in [-0.2, 0) is 38.1 Å². The summed E-state index contributed by atoms with van der Waals surface area (Å²) in [4.78, 5) is 55.6. The summed E-state index contributed by atoms with van der Waals surface area (Å²) < 4.78 is 31.3. The Labute approximate surface area is 291 Å². The minimum absolute atomic E-state index is 0.0341. The number of anilines is 1. The van der Waals surface area contributed by atoms with E-state index in [1.807, 2.05) is 6.92 Å². The molecule has 7 aliphatic rings. The largest absolute Gasteiger partial charge is 0.461 e. The topological polar surface area (TPSA) is 161 Å². The SMILES string of the molecule is CCN1C[C@@]2(COC(=O)c3ccccc3N3C(=O)CCC3=O)CC[C@@H](OC)[C@@]34[C@@H]2[C@@H](O)[C@@](O)([C@@H]13)[C@@]1(OC(C)=O)C[C@H](OC)[C@H]2C[C@H]4[C@@H]1[C@H]2OC. The van der Waals surface area contributed by atoms with Crippen LogP contribution in [-0.4, -0.2) is 122 Å². The number of carbonyl (C=O) groups excluding carboxylic acids is 4. The number of ether oxygens (including phenoxy) is 5. The van der Waals surface area contributed by atoms with Gasteiger partial charge in [0.15, 0.2) is 5.60 Å². The highest BCUT2D eigenvalue weighted by atomic mass is 16.6. The lowest BCUT2D eigenvalue weighted by molar-refractivity contribution is -0.322. The number of piperidine rings is 1. The Balaban J connectivity index is 1.25. The van der Waals surface area contributed by atoms with E-state index in [9.17, 15) is 29.4 Å². The van der Waals surface area contributed by atoms with Crippen molar-refractivity contribution in [3.05, 3.63) is 29.8 Å². The van der Waals surface area contributed by atoms with Crippen LogP contribution in [0, 0.1) is 34.5 Å². The molecule has 1 aromatic carbocycles. The maximum atomic E-state index is 14.0. The molecule has 13 heteroatoms. The van der Waals surface area contributed by atoms with E-state index < -0.39 is 64.1 Å². The predicted molar refractivity (Wildman–Crippen MR) is 175 cm³/mol. The summed E-state index contributed by atoms with van der Waals surface area (Å²) in [6, 6.07) is 5.82. The zero-order valence-electron chi connectivity index (χ0n) is 29.3. The molecule has 1 spiro atoms. The van der Waals surface area contributed by atoms with Crippen LogP contribution in [0.1, 0.15) is 62.7 Å². The molecule has 8 rings (SSSR count). The van der Waals surface area contributed by atoms with Crippen molar-refractivity contribution in [2.24, 2.45) is 34.5 Å². The van der Waals surface area contributed by atoms with Gasteiger partial charge in [0.05, 0.1) is 48.3 Å². The first-order valence-electron chi connectivity index (χ1n) is 18.0. The first-order valence-corrected chi connectivity index (χ1v) is 18.0. The normalized spacial score (nSPS) is 45.6. The molecule has 7 fully saturated rings. The molecule has 2 N–H and O–H groups in total. The van der Waals surface area contributed by atoms with E-state index in [4.69, 9.17) is 23.7 Å². The van der Waals surface area contributed by atoms with Gasteiger partial charge < -0.3 is 33.9 Å². The van der Waals surface area contributed by atoms with Crippen molar-refractivity contribution in [1.82, 2.24) is 4.90 Å². The second-order valence-corrected chi connectivity index (χ2v) is 15.7. The van der Waals surface area contributed by atoms with Gasteiger partial charge >= 0.3 is 11.9 Å². The summed E-state index contributed by atoms with van der Waals surface area (Å²) in [6.45, 7) is 4.21. The highest BCUT2D eigenvalue weighted by Gasteiger charge is 2.92. The number of imide groups is 1. The number of fused-ring (bicyclic) bond motifs is 2. The quantitative estimate of drug-likeness (QED) is 0.285. The first-order chi connectivity index (χ1) is 23.9. The van der Waals surface area contributed by atoms with Crippen LogP contribution < -0.4 is 4.90 Å². The molecule has 7 bridgehead atoms.